The molecule has 1 aromatic heterocycles. The summed E-state index contributed by atoms with van der Waals surface area (Å²) in [5.74, 6) is -0.406. The maximum Gasteiger partial charge on any atom is 0.307 e. The van der Waals surface area contributed by atoms with E-state index < -0.39 is 5.97 Å². The van der Waals surface area contributed by atoms with Crippen molar-refractivity contribution in [3.8, 4) is 0 Å². The van der Waals surface area contributed by atoms with Crippen molar-refractivity contribution >= 4 is 17.7 Å². The standard InChI is InChI=1S/C14H23N3O2S/c1-14(2,3)9-5-6-10(12(18)19)11(7-9)20-13-16-15-8-17(13)4/h8-11H,5-7H2,1-4H3,(H,18,19). The molecule has 1 aliphatic rings. The molecule has 1 fully saturated rings. The van der Waals surface area contributed by atoms with E-state index in [9.17, 15) is 9.90 Å². The fraction of sp³-hybridized carbons (Fsp3) is 0.786. The molecule has 1 aromatic rings. The summed E-state index contributed by atoms with van der Waals surface area (Å²) < 4.78 is 1.85. The van der Waals surface area contributed by atoms with Gasteiger partial charge in [-0.25, -0.2) is 0 Å². The number of aliphatic carboxylic acids is 1. The highest BCUT2D eigenvalue weighted by Gasteiger charge is 2.40. The van der Waals surface area contributed by atoms with E-state index in [-0.39, 0.29) is 16.6 Å². The van der Waals surface area contributed by atoms with Gasteiger partial charge in [0.05, 0.1) is 5.92 Å². The molecule has 2 rings (SSSR count). The van der Waals surface area contributed by atoms with Gasteiger partial charge in [-0.2, -0.15) is 0 Å². The van der Waals surface area contributed by atoms with Crippen LogP contribution in [0.25, 0.3) is 0 Å². The Hall–Kier alpha value is -1.04. The van der Waals surface area contributed by atoms with E-state index in [4.69, 9.17) is 0 Å². The number of hydrogen-bond acceptors (Lipinski definition) is 4. The largest absolute Gasteiger partial charge is 0.481 e. The zero-order valence-corrected chi connectivity index (χ0v) is 13.4. The summed E-state index contributed by atoms with van der Waals surface area (Å²) in [5.41, 5.74) is 0.224. The van der Waals surface area contributed by atoms with Crippen LogP contribution in [0.15, 0.2) is 11.5 Å². The number of carboxylic acid groups (broad SMARTS) is 1. The van der Waals surface area contributed by atoms with Crippen molar-refractivity contribution in [1.29, 1.82) is 0 Å². The van der Waals surface area contributed by atoms with Crippen LogP contribution in [0, 0.1) is 17.3 Å². The zero-order chi connectivity index (χ0) is 14.9. The molecule has 0 radical (unpaired) electrons. The van der Waals surface area contributed by atoms with E-state index in [1.807, 2.05) is 11.6 Å². The van der Waals surface area contributed by atoms with Crippen LogP contribution in [0.5, 0.6) is 0 Å². The van der Waals surface area contributed by atoms with Gasteiger partial charge in [0, 0.05) is 12.3 Å². The summed E-state index contributed by atoms with van der Waals surface area (Å²) in [6, 6.07) is 0. The molecule has 1 saturated carbocycles. The fourth-order valence-electron chi connectivity index (χ4n) is 2.84. The molecule has 0 aliphatic heterocycles. The summed E-state index contributed by atoms with van der Waals surface area (Å²) >= 11 is 1.56. The average Bonchev–Trinajstić information content (AvgIpc) is 2.73. The van der Waals surface area contributed by atoms with Crippen molar-refractivity contribution in [2.45, 2.75) is 50.4 Å². The Morgan fingerprint density at radius 3 is 2.65 bits per heavy atom. The van der Waals surface area contributed by atoms with E-state index >= 15 is 0 Å². The van der Waals surface area contributed by atoms with Crippen LogP contribution < -0.4 is 0 Å². The summed E-state index contributed by atoms with van der Waals surface area (Å²) in [6.45, 7) is 6.72. The van der Waals surface area contributed by atoms with Gasteiger partial charge >= 0.3 is 5.97 Å². The van der Waals surface area contributed by atoms with Crippen LogP contribution in [0.1, 0.15) is 40.0 Å². The van der Waals surface area contributed by atoms with Gasteiger partial charge < -0.3 is 9.67 Å². The first kappa shape index (κ1) is 15.4. The van der Waals surface area contributed by atoms with Crippen molar-refractivity contribution in [3.05, 3.63) is 6.33 Å². The maximum atomic E-state index is 11.5. The lowest BCUT2D eigenvalue weighted by Crippen LogP contribution is -2.37. The van der Waals surface area contributed by atoms with Crippen molar-refractivity contribution in [3.63, 3.8) is 0 Å². The maximum absolute atomic E-state index is 11.5. The Balaban J connectivity index is 2.15. The predicted molar refractivity (Wildman–Crippen MR) is 78.6 cm³/mol. The van der Waals surface area contributed by atoms with Gasteiger partial charge in [0.25, 0.3) is 0 Å². The smallest absolute Gasteiger partial charge is 0.307 e. The van der Waals surface area contributed by atoms with Gasteiger partial charge in [0.1, 0.15) is 6.33 Å². The average molecular weight is 297 g/mol. The summed E-state index contributed by atoms with van der Waals surface area (Å²) in [6.07, 6.45) is 4.34. The molecule has 1 N–H and O–H groups in total. The number of aryl methyl sites for hydroxylation is 1. The minimum atomic E-state index is -0.683. The number of aromatic nitrogens is 3. The first-order valence-electron chi connectivity index (χ1n) is 7.02. The quantitative estimate of drug-likeness (QED) is 0.929. The topological polar surface area (TPSA) is 68.0 Å². The third-order valence-corrected chi connectivity index (χ3v) is 5.66. The van der Waals surface area contributed by atoms with Gasteiger partial charge in [-0.05, 0) is 30.6 Å². The summed E-state index contributed by atoms with van der Waals surface area (Å²) in [5, 5.41) is 18.3. The van der Waals surface area contributed by atoms with Crippen molar-refractivity contribution in [2.75, 3.05) is 0 Å². The molecule has 1 heterocycles. The van der Waals surface area contributed by atoms with Crippen molar-refractivity contribution < 1.29 is 9.90 Å². The Bertz CT molecular complexity index is 481. The molecule has 0 spiro atoms. The molecule has 6 heteroatoms. The van der Waals surface area contributed by atoms with Crippen molar-refractivity contribution in [1.82, 2.24) is 14.8 Å². The van der Waals surface area contributed by atoms with E-state index in [0.29, 0.717) is 5.92 Å². The number of carbonyl (C=O) groups is 1. The van der Waals surface area contributed by atoms with Crippen molar-refractivity contribution in [2.24, 2.45) is 24.3 Å². The second-order valence-electron chi connectivity index (χ2n) is 6.70. The van der Waals surface area contributed by atoms with Crippen LogP contribution in [0.2, 0.25) is 0 Å². The monoisotopic (exact) mass is 297 g/mol. The van der Waals surface area contributed by atoms with Crippen LogP contribution in [-0.4, -0.2) is 31.1 Å². The number of carboxylic acids is 1. The molecule has 3 atom stereocenters. The van der Waals surface area contributed by atoms with Gasteiger partial charge in [0.15, 0.2) is 5.16 Å². The number of nitrogens with zero attached hydrogens (tertiary/aromatic N) is 3. The Morgan fingerprint density at radius 1 is 1.45 bits per heavy atom. The lowest BCUT2D eigenvalue weighted by molar-refractivity contribution is -0.143. The second-order valence-corrected chi connectivity index (χ2v) is 7.91. The van der Waals surface area contributed by atoms with Gasteiger partial charge in [-0.3, -0.25) is 4.79 Å². The first-order chi connectivity index (χ1) is 9.29. The molecule has 5 nitrogen and oxygen atoms in total. The predicted octanol–water partition coefficient (Wildman–Crippen LogP) is 2.82. The Morgan fingerprint density at radius 2 is 2.15 bits per heavy atom. The lowest BCUT2D eigenvalue weighted by atomic mass is 9.69. The number of thioether (sulfide) groups is 1. The number of hydrogen-bond donors (Lipinski definition) is 1. The third kappa shape index (κ3) is 3.34. The molecule has 3 unspecified atom stereocenters. The van der Waals surface area contributed by atoms with Gasteiger partial charge in [-0.1, -0.05) is 32.5 Å². The van der Waals surface area contributed by atoms with Crippen LogP contribution in [0.3, 0.4) is 0 Å². The van der Waals surface area contributed by atoms with Crippen LogP contribution >= 0.6 is 11.8 Å². The summed E-state index contributed by atoms with van der Waals surface area (Å²) in [7, 11) is 1.89. The minimum absolute atomic E-state index is 0.0772. The minimum Gasteiger partial charge on any atom is -0.481 e. The van der Waals surface area contributed by atoms with E-state index in [1.165, 1.54) is 0 Å². The Labute approximate surface area is 124 Å². The molecule has 20 heavy (non-hydrogen) atoms. The summed E-state index contributed by atoms with van der Waals surface area (Å²) in [4.78, 5) is 11.5. The zero-order valence-electron chi connectivity index (χ0n) is 12.5. The highest BCUT2D eigenvalue weighted by molar-refractivity contribution is 7.99. The first-order valence-corrected chi connectivity index (χ1v) is 7.90. The van der Waals surface area contributed by atoms with E-state index in [1.54, 1.807) is 18.1 Å². The molecule has 0 aromatic carbocycles. The third-order valence-electron chi connectivity index (χ3n) is 4.26. The molecular formula is C14H23N3O2S. The molecule has 0 bridgehead atoms. The molecule has 1 aliphatic carbocycles. The van der Waals surface area contributed by atoms with E-state index in [2.05, 4.69) is 31.0 Å². The van der Waals surface area contributed by atoms with Crippen LogP contribution in [0.4, 0.5) is 0 Å². The highest BCUT2D eigenvalue weighted by Crippen LogP contribution is 2.45. The van der Waals surface area contributed by atoms with Gasteiger partial charge in [0.2, 0.25) is 0 Å². The number of rotatable bonds is 3. The normalized spacial score (nSPS) is 27.5. The van der Waals surface area contributed by atoms with Crippen LogP contribution in [-0.2, 0) is 11.8 Å². The molecule has 0 saturated heterocycles. The Kier molecular flexibility index (Phi) is 4.42. The lowest BCUT2D eigenvalue weighted by Gasteiger charge is -2.39. The molecule has 0 amide bonds. The fourth-order valence-corrected chi connectivity index (χ4v) is 4.17. The molecular weight excluding hydrogens is 274 g/mol. The second kappa shape index (κ2) is 5.76. The molecule has 112 valence electrons. The van der Waals surface area contributed by atoms with E-state index in [0.717, 1.165) is 24.4 Å². The SMILES string of the molecule is Cn1cnnc1SC1CC(C(C)(C)C)CCC1C(=O)O. The van der Waals surface area contributed by atoms with Gasteiger partial charge in [-0.15, -0.1) is 10.2 Å². The highest BCUT2D eigenvalue weighted by atomic mass is 32.2.